The van der Waals surface area contributed by atoms with Gasteiger partial charge in [0.25, 0.3) is 0 Å². The maximum Gasteiger partial charge on any atom is 0.216 e. The summed E-state index contributed by atoms with van der Waals surface area (Å²) in [6.45, 7) is 5.20. The van der Waals surface area contributed by atoms with Crippen LogP contribution in [0.15, 0.2) is 18.3 Å². The largest absolute Gasteiger partial charge is 0.477 e. The number of ether oxygens (including phenoxy) is 1. The number of pyridine rings is 1. The van der Waals surface area contributed by atoms with Gasteiger partial charge in [-0.25, -0.2) is 4.98 Å². The van der Waals surface area contributed by atoms with E-state index in [1.165, 1.54) is 31.2 Å². The SMILES string of the molecule is CC(C)c1cccnc1OCC1CCCC1. The molecular weight excluding hydrogens is 198 g/mol. The summed E-state index contributed by atoms with van der Waals surface area (Å²) in [6, 6.07) is 4.10. The Balaban J connectivity index is 1.97. The molecule has 0 bridgehead atoms. The van der Waals surface area contributed by atoms with Gasteiger partial charge in [0.2, 0.25) is 5.88 Å². The summed E-state index contributed by atoms with van der Waals surface area (Å²) in [5.41, 5.74) is 1.22. The van der Waals surface area contributed by atoms with E-state index in [0.29, 0.717) is 5.92 Å². The third-order valence-electron chi connectivity index (χ3n) is 3.35. The van der Waals surface area contributed by atoms with Crippen molar-refractivity contribution in [1.82, 2.24) is 4.98 Å². The summed E-state index contributed by atoms with van der Waals surface area (Å²) in [5.74, 6) is 2.07. The number of hydrogen-bond acceptors (Lipinski definition) is 2. The van der Waals surface area contributed by atoms with E-state index in [9.17, 15) is 0 Å². The molecule has 0 N–H and O–H groups in total. The molecule has 1 aromatic heterocycles. The molecule has 1 aliphatic carbocycles. The van der Waals surface area contributed by atoms with Gasteiger partial charge >= 0.3 is 0 Å². The van der Waals surface area contributed by atoms with Crippen LogP contribution in [0.4, 0.5) is 0 Å². The first-order valence-corrected chi connectivity index (χ1v) is 6.35. The molecule has 0 saturated heterocycles. The highest BCUT2D eigenvalue weighted by Crippen LogP contribution is 2.27. The predicted octanol–water partition coefficient (Wildman–Crippen LogP) is 3.77. The zero-order valence-electron chi connectivity index (χ0n) is 10.3. The molecule has 0 amide bonds. The molecule has 1 aromatic rings. The second kappa shape index (κ2) is 5.33. The van der Waals surface area contributed by atoms with Crippen molar-refractivity contribution in [2.45, 2.75) is 45.4 Å². The molecule has 0 aromatic carbocycles. The van der Waals surface area contributed by atoms with Crippen molar-refractivity contribution in [3.05, 3.63) is 23.9 Å². The van der Waals surface area contributed by atoms with Gasteiger partial charge in [-0.05, 0) is 30.7 Å². The normalized spacial score (nSPS) is 16.9. The van der Waals surface area contributed by atoms with E-state index in [2.05, 4.69) is 24.9 Å². The van der Waals surface area contributed by atoms with Crippen molar-refractivity contribution in [2.75, 3.05) is 6.61 Å². The van der Waals surface area contributed by atoms with Crippen LogP contribution in [0.2, 0.25) is 0 Å². The summed E-state index contributed by atoms with van der Waals surface area (Å²) in [7, 11) is 0. The lowest BCUT2D eigenvalue weighted by Crippen LogP contribution is -2.10. The molecule has 1 aliphatic rings. The fraction of sp³-hybridized carbons (Fsp3) is 0.643. The Kier molecular flexibility index (Phi) is 3.81. The van der Waals surface area contributed by atoms with E-state index in [-0.39, 0.29) is 0 Å². The van der Waals surface area contributed by atoms with Crippen LogP contribution in [-0.4, -0.2) is 11.6 Å². The number of rotatable bonds is 4. The minimum absolute atomic E-state index is 0.479. The minimum Gasteiger partial charge on any atom is -0.477 e. The maximum absolute atomic E-state index is 5.87. The number of nitrogens with zero attached hydrogens (tertiary/aromatic N) is 1. The lowest BCUT2D eigenvalue weighted by atomic mass is 10.1. The van der Waals surface area contributed by atoms with E-state index in [1.54, 1.807) is 0 Å². The first kappa shape index (κ1) is 11.4. The molecule has 2 heteroatoms. The number of aromatic nitrogens is 1. The average molecular weight is 219 g/mol. The average Bonchev–Trinajstić information content (AvgIpc) is 2.79. The predicted molar refractivity (Wildman–Crippen MR) is 65.8 cm³/mol. The molecular formula is C14H21NO. The molecule has 0 radical (unpaired) electrons. The van der Waals surface area contributed by atoms with Gasteiger partial charge in [-0.1, -0.05) is 32.8 Å². The van der Waals surface area contributed by atoms with Crippen LogP contribution < -0.4 is 4.74 Å². The smallest absolute Gasteiger partial charge is 0.216 e. The molecule has 0 spiro atoms. The van der Waals surface area contributed by atoms with Gasteiger partial charge in [-0.15, -0.1) is 0 Å². The molecule has 1 fully saturated rings. The van der Waals surface area contributed by atoms with Crippen molar-refractivity contribution in [3.63, 3.8) is 0 Å². The van der Waals surface area contributed by atoms with Crippen LogP contribution in [0.1, 0.15) is 51.0 Å². The van der Waals surface area contributed by atoms with Crippen LogP contribution in [0.25, 0.3) is 0 Å². The highest BCUT2D eigenvalue weighted by molar-refractivity contribution is 5.28. The summed E-state index contributed by atoms with van der Waals surface area (Å²) in [4.78, 5) is 4.34. The fourth-order valence-corrected chi connectivity index (χ4v) is 2.34. The van der Waals surface area contributed by atoms with Crippen molar-refractivity contribution in [1.29, 1.82) is 0 Å². The molecule has 2 rings (SSSR count). The summed E-state index contributed by atoms with van der Waals surface area (Å²) in [5, 5.41) is 0. The number of hydrogen-bond donors (Lipinski definition) is 0. The highest BCUT2D eigenvalue weighted by atomic mass is 16.5. The van der Waals surface area contributed by atoms with Gasteiger partial charge in [0.05, 0.1) is 6.61 Å². The van der Waals surface area contributed by atoms with E-state index in [1.807, 2.05) is 12.3 Å². The van der Waals surface area contributed by atoms with Crippen molar-refractivity contribution in [2.24, 2.45) is 5.92 Å². The first-order chi connectivity index (χ1) is 7.77. The maximum atomic E-state index is 5.87. The lowest BCUT2D eigenvalue weighted by molar-refractivity contribution is 0.240. The monoisotopic (exact) mass is 219 g/mol. The van der Waals surface area contributed by atoms with Crippen LogP contribution in [0.3, 0.4) is 0 Å². The van der Waals surface area contributed by atoms with Crippen LogP contribution in [0, 0.1) is 5.92 Å². The lowest BCUT2D eigenvalue weighted by Gasteiger charge is -2.15. The van der Waals surface area contributed by atoms with Gasteiger partial charge in [0.15, 0.2) is 0 Å². The first-order valence-electron chi connectivity index (χ1n) is 6.35. The molecule has 1 heterocycles. The van der Waals surface area contributed by atoms with Gasteiger partial charge in [-0.2, -0.15) is 0 Å². The van der Waals surface area contributed by atoms with Crippen molar-refractivity contribution < 1.29 is 4.74 Å². The Morgan fingerprint density at radius 1 is 1.38 bits per heavy atom. The van der Waals surface area contributed by atoms with Crippen LogP contribution >= 0.6 is 0 Å². The summed E-state index contributed by atoms with van der Waals surface area (Å²) >= 11 is 0. The van der Waals surface area contributed by atoms with Crippen molar-refractivity contribution >= 4 is 0 Å². The Bertz CT molecular complexity index is 329. The third-order valence-corrected chi connectivity index (χ3v) is 3.35. The van der Waals surface area contributed by atoms with Gasteiger partial charge in [0, 0.05) is 11.8 Å². The molecule has 2 nitrogen and oxygen atoms in total. The fourth-order valence-electron chi connectivity index (χ4n) is 2.34. The van der Waals surface area contributed by atoms with E-state index in [4.69, 9.17) is 4.74 Å². The van der Waals surface area contributed by atoms with E-state index < -0.39 is 0 Å². The van der Waals surface area contributed by atoms with Gasteiger partial charge < -0.3 is 4.74 Å². The zero-order valence-corrected chi connectivity index (χ0v) is 10.3. The Morgan fingerprint density at radius 3 is 2.81 bits per heavy atom. The molecule has 0 atom stereocenters. The standard InChI is InChI=1S/C14H21NO/c1-11(2)13-8-5-9-15-14(13)16-10-12-6-3-4-7-12/h5,8-9,11-12H,3-4,6-7,10H2,1-2H3. The highest BCUT2D eigenvalue weighted by Gasteiger charge is 2.17. The Labute approximate surface area is 98.0 Å². The quantitative estimate of drug-likeness (QED) is 0.769. The van der Waals surface area contributed by atoms with Gasteiger partial charge in [-0.3, -0.25) is 0 Å². The Morgan fingerprint density at radius 2 is 2.12 bits per heavy atom. The summed E-state index contributed by atoms with van der Waals surface area (Å²) < 4.78 is 5.87. The Hall–Kier alpha value is -1.05. The van der Waals surface area contributed by atoms with Crippen LogP contribution in [-0.2, 0) is 0 Å². The van der Waals surface area contributed by atoms with Crippen molar-refractivity contribution in [3.8, 4) is 5.88 Å². The second-order valence-corrected chi connectivity index (χ2v) is 5.01. The van der Waals surface area contributed by atoms with E-state index in [0.717, 1.165) is 18.4 Å². The molecule has 0 unspecified atom stereocenters. The molecule has 88 valence electrons. The zero-order chi connectivity index (χ0) is 11.4. The molecule has 0 aliphatic heterocycles. The minimum atomic E-state index is 0.479. The van der Waals surface area contributed by atoms with Crippen LogP contribution in [0.5, 0.6) is 5.88 Å². The molecule has 16 heavy (non-hydrogen) atoms. The third kappa shape index (κ3) is 2.75. The topological polar surface area (TPSA) is 22.1 Å². The molecule has 1 saturated carbocycles. The summed E-state index contributed by atoms with van der Waals surface area (Å²) in [6.07, 6.45) is 7.20. The van der Waals surface area contributed by atoms with E-state index >= 15 is 0 Å². The second-order valence-electron chi connectivity index (χ2n) is 5.01. The van der Waals surface area contributed by atoms with Gasteiger partial charge in [0.1, 0.15) is 0 Å².